The number of likely N-dealkylation sites (tertiary alicyclic amines) is 1. The molecule has 14 heteroatoms. The summed E-state index contributed by atoms with van der Waals surface area (Å²) in [5.74, 6) is -0.156. The lowest BCUT2D eigenvalue weighted by Gasteiger charge is -2.35. The van der Waals surface area contributed by atoms with Crippen LogP contribution in [0.1, 0.15) is 6.42 Å². The van der Waals surface area contributed by atoms with Crippen LogP contribution < -0.4 is 14.4 Å². The van der Waals surface area contributed by atoms with Crippen molar-refractivity contribution < 1.29 is 23.0 Å². The molecule has 2 fully saturated rings. The first-order valence-electron chi connectivity index (χ1n) is 13.1. The minimum atomic E-state index is -0.920. The van der Waals surface area contributed by atoms with E-state index in [4.69, 9.17) is 26.1 Å². The molecule has 1 amide bonds. The molecule has 2 aliphatic heterocycles. The van der Waals surface area contributed by atoms with Gasteiger partial charge in [-0.1, -0.05) is 18.2 Å². The minimum Gasteiger partial charge on any atom is -0.462 e. The number of pyridine rings is 1. The molecule has 214 valence electrons. The van der Waals surface area contributed by atoms with Crippen LogP contribution in [0.2, 0.25) is 5.02 Å². The van der Waals surface area contributed by atoms with E-state index < -0.39 is 12.0 Å². The molecule has 0 bridgehead atoms. The summed E-state index contributed by atoms with van der Waals surface area (Å²) in [6.45, 7) is 6.05. The maximum absolute atomic E-state index is 14.6. The first kappa shape index (κ1) is 27.1. The van der Waals surface area contributed by atoms with Crippen LogP contribution in [-0.2, 0) is 4.79 Å². The van der Waals surface area contributed by atoms with E-state index in [1.54, 1.807) is 11.0 Å². The van der Waals surface area contributed by atoms with Gasteiger partial charge in [0.2, 0.25) is 11.8 Å². The van der Waals surface area contributed by atoms with Crippen molar-refractivity contribution in [3.05, 3.63) is 48.0 Å². The van der Waals surface area contributed by atoms with Crippen molar-refractivity contribution in [3.63, 3.8) is 0 Å². The number of anilines is 1. The molecule has 0 unspecified atom stereocenters. The van der Waals surface area contributed by atoms with E-state index in [0.29, 0.717) is 66.8 Å². The van der Waals surface area contributed by atoms with Gasteiger partial charge in [-0.05, 0) is 25.6 Å². The number of aromatic amines is 1. The molecule has 4 aromatic rings. The zero-order valence-corrected chi connectivity index (χ0v) is 22.9. The standard InChI is InChI=1S/C27H27ClF2N8O3/c1-3-21(39)37-6-8-38(9-7-37)25-17-4-5-31-26(41-24-18-12-32-35-20(18)11-19(30)22(24)28)23(17)33-27(34-25)40-14-16-10-15(29)13-36(16)2/h3-5,11-12,15-16H,1,6-10,13-14H2,2H3,(H,32,35)/t15-,16+/m1/s1. The van der Waals surface area contributed by atoms with E-state index in [2.05, 4.69) is 26.7 Å². The van der Waals surface area contributed by atoms with Gasteiger partial charge in [-0.25, -0.2) is 13.8 Å². The number of alkyl halides is 1. The van der Waals surface area contributed by atoms with Crippen molar-refractivity contribution in [3.8, 4) is 17.6 Å². The van der Waals surface area contributed by atoms with Gasteiger partial charge in [-0.3, -0.25) is 14.8 Å². The number of nitrogens with one attached hydrogen (secondary N) is 1. The summed E-state index contributed by atoms with van der Waals surface area (Å²) < 4.78 is 40.7. The van der Waals surface area contributed by atoms with E-state index in [1.807, 2.05) is 16.8 Å². The van der Waals surface area contributed by atoms with Crippen LogP contribution in [0.5, 0.6) is 17.6 Å². The molecule has 1 aromatic carbocycles. The Morgan fingerprint density at radius 3 is 2.80 bits per heavy atom. The van der Waals surface area contributed by atoms with E-state index in [0.717, 1.165) is 0 Å². The highest BCUT2D eigenvalue weighted by Gasteiger charge is 2.31. The summed E-state index contributed by atoms with van der Waals surface area (Å²) in [4.78, 5) is 31.5. The van der Waals surface area contributed by atoms with Crippen LogP contribution in [0.4, 0.5) is 14.6 Å². The third-order valence-corrected chi connectivity index (χ3v) is 7.79. The Kier molecular flexibility index (Phi) is 7.30. The smallest absolute Gasteiger partial charge is 0.319 e. The largest absolute Gasteiger partial charge is 0.462 e. The molecular weight excluding hydrogens is 558 g/mol. The third-order valence-electron chi connectivity index (χ3n) is 7.44. The number of amides is 1. The summed E-state index contributed by atoms with van der Waals surface area (Å²) in [5, 5.41) is 7.54. The summed E-state index contributed by atoms with van der Waals surface area (Å²) in [6.07, 6.45) is 3.75. The van der Waals surface area contributed by atoms with Gasteiger partial charge in [0, 0.05) is 51.0 Å². The van der Waals surface area contributed by atoms with Crippen LogP contribution in [-0.4, -0.2) is 99.4 Å². The monoisotopic (exact) mass is 584 g/mol. The number of piperazine rings is 1. The SMILES string of the molecule is C=CC(=O)N1CCN(c2nc(OC[C@@H]3C[C@@H](F)CN3C)nc3c(Oc4c(Cl)c(F)cc5[nH]ncc45)nccc23)CC1. The lowest BCUT2D eigenvalue weighted by Crippen LogP contribution is -2.48. The topological polar surface area (TPSA) is 113 Å². The van der Waals surface area contributed by atoms with Gasteiger partial charge in [0.1, 0.15) is 35.0 Å². The molecule has 6 rings (SSSR count). The predicted molar refractivity (Wildman–Crippen MR) is 149 cm³/mol. The summed E-state index contributed by atoms with van der Waals surface area (Å²) >= 11 is 6.30. The molecule has 2 saturated heterocycles. The number of hydrogen-bond donors (Lipinski definition) is 1. The average Bonchev–Trinajstić information content (AvgIpc) is 3.58. The van der Waals surface area contributed by atoms with E-state index in [1.165, 1.54) is 24.5 Å². The summed E-state index contributed by atoms with van der Waals surface area (Å²) in [7, 11) is 1.85. The van der Waals surface area contributed by atoms with Crippen molar-refractivity contribution in [1.82, 2.24) is 34.9 Å². The first-order valence-corrected chi connectivity index (χ1v) is 13.5. The maximum Gasteiger partial charge on any atom is 0.319 e. The van der Waals surface area contributed by atoms with Crippen molar-refractivity contribution in [2.45, 2.75) is 18.6 Å². The molecule has 5 heterocycles. The van der Waals surface area contributed by atoms with Gasteiger partial charge in [-0.15, -0.1) is 0 Å². The van der Waals surface area contributed by atoms with E-state index in [9.17, 15) is 13.6 Å². The number of aromatic nitrogens is 5. The number of rotatable bonds is 7. The lowest BCUT2D eigenvalue weighted by molar-refractivity contribution is -0.126. The highest BCUT2D eigenvalue weighted by atomic mass is 35.5. The van der Waals surface area contributed by atoms with Crippen molar-refractivity contribution >= 4 is 45.1 Å². The Balaban J connectivity index is 1.39. The summed E-state index contributed by atoms with van der Waals surface area (Å²) in [6, 6.07) is 2.91. The Morgan fingerprint density at radius 2 is 2.07 bits per heavy atom. The zero-order valence-electron chi connectivity index (χ0n) is 22.2. The third kappa shape index (κ3) is 5.22. The fraction of sp³-hybridized carbons (Fsp3) is 0.370. The lowest BCUT2D eigenvalue weighted by atomic mass is 10.2. The molecular formula is C27H27ClF2N8O3. The van der Waals surface area contributed by atoms with Crippen LogP contribution in [0.15, 0.2) is 37.2 Å². The van der Waals surface area contributed by atoms with Gasteiger partial charge in [0.05, 0.1) is 22.5 Å². The van der Waals surface area contributed by atoms with Crippen LogP contribution >= 0.6 is 11.6 Å². The molecule has 0 spiro atoms. The second kappa shape index (κ2) is 11.1. The fourth-order valence-corrected chi connectivity index (χ4v) is 5.42. The zero-order chi connectivity index (χ0) is 28.7. The number of ether oxygens (including phenoxy) is 2. The van der Waals surface area contributed by atoms with Crippen molar-refractivity contribution in [1.29, 1.82) is 0 Å². The van der Waals surface area contributed by atoms with Gasteiger partial charge in [0.25, 0.3) is 0 Å². The first-order chi connectivity index (χ1) is 19.8. The van der Waals surface area contributed by atoms with Crippen molar-refractivity contribution in [2.75, 3.05) is 51.3 Å². The second-order valence-electron chi connectivity index (χ2n) is 10.0. The number of nitrogens with zero attached hydrogens (tertiary/aromatic N) is 7. The Labute approximate surface area is 238 Å². The quantitative estimate of drug-likeness (QED) is 0.325. The van der Waals surface area contributed by atoms with Gasteiger partial charge in [0.15, 0.2) is 5.75 Å². The number of fused-ring (bicyclic) bond motifs is 2. The Bertz CT molecular complexity index is 1630. The molecule has 0 aliphatic carbocycles. The van der Waals surface area contributed by atoms with Gasteiger partial charge in [-0.2, -0.15) is 15.1 Å². The molecule has 2 atom stereocenters. The molecule has 0 radical (unpaired) electrons. The minimum absolute atomic E-state index is 0.0381. The van der Waals surface area contributed by atoms with Crippen molar-refractivity contribution in [2.24, 2.45) is 0 Å². The highest BCUT2D eigenvalue weighted by Crippen LogP contribution is 2.40. The summed E-state index contributed by atoms with van der Waals surface area (Å²) in [5.41, 5.74) is 0.720. The van der Waals surface area contributed by atoms with E-state index in [-0.39, 0.29) is 41.2 Å². The van der Waals surface area contributed by atoms with Crippen LogP contribution in [0.3, 0.4) is 0 Å². The van der Waals surface area contributed by atoms with Crippen LogP contribution in [0.25, 0.3) is 21.8 Å². The van der Waals surface area contributed by atoms with Gasteiger partial charge < -0.3 is 19.3 Å². The Morgan fingerprint density at radius 1 is 1.27 bits per heavy atom. The van der Waals surface area contributed by atoms with Crippen LogP contribution in [0, 0.1) is 5.82 Å². The molecule has 1 N–H and O–H groups in total. The number of benzene rings is 1. The number of H-pyrrole nitrogens is 1. The van der Waals surface area contributed by atoms with Gasteiger partial charge >= 0.3 is 6.01 Å². The highest BCUT2D eigenvalue weighted by molar-refractivity contribution is 6.33. The second-order valence-corrected chi connectivity index (χ2v) is 10.4. The molecule has 3 aromatic heterocycles. The molecule has 0 saturated carbocycles. The predicted octanol–water partition coefficient (Wildman–Crippen LogP) is 3.74. The number of carbonyl (C=O) groups is 1. The number of halogens is 3. The number of hydrogen-bond acceptors (Lipinski definition) is 9. The molecule has 11 nitrogen and oxygen atoms in total. The molecule has 2 aliphatic rings. The van der Waals surface area contributed by atoms with E-state index >= 15 is 0 Å². The average molecular weight is 585 g/mol. The maximum atomic E-state index is 14.6. The Hall–Kier alpha value is -4.10. The fourth-order valence-electron chi connectivity index (χ4n) is 5.22. The number of likely N-dealkylation sites (N-methyl/N-ethyl adjacent to an activating group) is 1. The normalized spacial score (nSPS) is 19.7. The number of carbonyl (C=O) groups excluding carboxylic acids is 1. The molecule has 41 heavy (non-hydrogen) atoms.